The molecule has 0 bridgehead atoms. The molecule has 0 aliphatic heterocycles. The molecule has 4 nitrogen and oxygen atoms in total. The van der Waals surface area contributed by atoms with Crippen molar-refractivity contribution in [3.05, 3.63) is 83.3 Å². The molecule has 0 saturated heterocycles. The number of fused-ring (bicyclic) bond motifs is 1. The van der Waals surface area contributed by atoms with Crippen LogP contribution in [0.5, 0.6) is 0 Å². The van der Waals surface area contributed by atoms with Crippen molar-refractivity contribution in [1.29, 1.82) is 0 Å². The van der Waals surface area contributed by atoms with Gasteiger partial charge in [0.05, 0.1) is 35.9 Å². The van der Waals surface area contributed by atoms with Gasteiger partial charge in [0.25, 0.3) is 0 Å². The van der Waals surface area contributed by atoms with E-state index in [1.54, 1.807) is 18.4 Å². The predicted octanol–water partition coefficient (Wildman–Crippen LogP) is 5.87. The van der Waals surface area contributed by atoms with Crippen LogP contribution < -0.4 is 5.32 Å². The summed E-state index contributed by atoms with van der Waals surface area (Å²) in [4.78, 5) is 4.68. The fraction of sp³-hybridized carbons (Fsp3) is 0.227. The molecular formula is C22H20F3N3O. The van der Waals surface area contributed by atoms with Crippen molar-refractivity contribution in [2.45, 2.75) is 32.6 Å². The van der Waals surface area contributed by atoms with Gasteiger partial charge in [0.2, 0.25) is 5.95 Å². The van der Waals surface area contributed by atoms with Gasteiger partial charge in [-0.05, 0) is 53.9 Å². The lowest BCUT2D eigenvalue weighted by Gasteiger charge is -2.12. The number of hydrogen-bond acceptors (Lipinski definition) is 3. The number of benzene rings is 2. The summed E-state index contributed by atoms with van der Waals surface area (Å²) in [7, 11) is 0. The zero-order valence-electron chi connectivity index (χ0n) is 15.8. The molecule has 4 rings (SSSR count). The average molecular weight is 399 g/mol. The summed E-state index contributed by atoms with van der Waals surface area (Å²) < 4.78 is 46.5. The average Bonchev–Trinajstić information content (AvgIpc) is 3.33. The maximum absolute atomic E-state index is 13.1. The smallest absolute Gasteiger partial charge is 0.416 e. The number of halogens is 3. The number of hydrogen-bond donors (Lipinski definition) is 1. The quantitative estimate of drug-likeness (QED) is 0.441. The first-order valence-corrected chi connectivity index (χ1v) is 9.35. The van der Waals surface area contributed by atoms with Crippen LogP contribution in [0.25, 0.3) is 11.0 Å². The zero-order valence-corrected chi connectivity index (χ0v) is 15.8. The molecule has 0 spiro atoms. The lowest BCUT2D eigenvalue weighted by molar-refractivity contribution is -0.137. The number of aryl methyl sites for hydroxylation is 1. The van der Waals surface area contributed by atoms with Crippen molar-refractivity contribution in [1.82, 2.24) is 9.55 Å². The van der Waals surface area contributed by atoms with Crippen LogP contribution in [-0.4, -0.2) is 9.55 Å². The maximum atomic E-state index is 13.1. The summed E-state index contributed by atoms with van der Waals surface area (Å²) in [5.74, 6) is 1.33. The van der Waals surface area contributed by atoms with E-state index in [-0.39, 0.29) is 6.54 Å². The number of nitrogens with zero attached hydrogens (tertiary/aromatic N) is 2. The number of aromatic nitrogens is 2. The normalized spacial score (nSPS) is 11.9. The van der Waals surface area contributed by atoms with Crippen molar-refractivity contribution in [3.63, 3.8) is 0 Å². The molecule has 0 aliphatic carbocycles. The molecule has 150 valence electrons. The molecule has 2 aromatic heterocycles. The Bertz CT molecular complexity index is 1110. The third-order valence-corrected chi connectivity index (χ3v) is 4.82. The third-order valence-electron chi connectivity index (χ3n) is 4.82. The van der Waals surface area contributed by atoms with Crippen LogP contribution in [0.15, 0.2) is 65.3 Å². The topological polar surface area (TPSA) is 43.0 Å². The lowest BCUT2D eigenvalue weighted by Crippen LogP contribution is -2.10. The molecule has 0 aliphatic rings. The summed E-state index contributed by atoms with van der Waals surface area (Å²) in [5.41, 5.74) is 2.72. The highest BCUT2D eigenvalue weighted by atomic mass is 19.4. The Labute approximate surface area is 166 Å². The SMILES string of the molecule is CCc1ccc2c(c1)nc(NCc1ccco1)n2Cc1cccc(C(F)(F)F)c1. The molecule has 4 aromatic rings. The van der Waals surface area contributed by atoms with Crippen molar-refractivity contribution in [2.24, 2.45) is 0 Å². The number of rotatable bonds is 6. The fourth-order valence-corrected chi connectivity index (χ4v) is 3.30. The summed E-state index contributed by atoms with van der Waals surface area (Å²) in [6, 6.07) is 15.0. The van der Waals surface area contributed by atoms with Gasteiger partial charge in [-0.1, -0.05) is 25.1 Å². The first kappa shape index (κ1) is 19.1. The first-order valence-electron chi connectivity index (χ1n) is 9.35. The third kappa shape index (κ3) is 4.13. The summed E-state index contributed by atoms with van der Waals surface area (Å²) in [6.45, 7) is 2.77. The highest BCUT2D eigenvalue weighted by Crippen LogP contribution is 2.30. The van der Waals surface area contributed by atoms with Gasteiger partial charge in [0, 0.05) is 0 Å². The lowest BCUT2D eigenvalue weighted by atomic mass is 10.1. The second kappa shape index (κ2) is 7.66. The summed E-state index contributed by atoms with van der Waals surface area (Å²) >= 11 is 0. The molecule has 0 radical (unpaired) electrons. The van der Waals surface area contributed by atoms with Crippen molar-refractivity contribution in [3.8, 4) is 0 Å². The van der Waals surface area contributed by atoms with Crippen LogP contribution in [0.1, 0.15) is 29.4 Å². The Hall–Kier alpha value is -3.22. The van der Waals surface area contributed by atoms with E-state index in [0.29, 0.717) is 18.1 Å². The second-order valence-corrected chi connectivity index (χ2v) is 6.83. The highest BCUT2D eigenvalue weighted by Gasteiger charge is 2.30. The molecular weight excluding hydrogens is 379 g/mol. The minimum atomic E-state index is -4.37. The molecule has 0 fully saturated rings. The molecule has 0 saturated carbocycles. The van der Waals surface area contributed by atoms with Crippen molar-refractivity contribution < 1.29 is 17.6 Å². The van der Waals surface area contributed by atoms with Crippen LogP contribution in [0.2, 0.25) is 0 Å². The van der Waals surface area contributed by atoms with Gasteiger partial charge in [-0.3, -0.25) is 0 Å². The first-order chi connectivity index (χ1) is 13.9. The molecule has 7 heteroatoms. The van der Waals surface area contributed by atoms with Gasteiger partial charge in [-0.2, -0.15) is 13.2 Å². The fourth-order valence-electron chi connectivity index (χ4n) is 3.30. The number of nitrogens with one attached hydrogen (secondary N) is 1. The van der Waals surface area contributed by atoms with E-state index in [0.717, 1.165) is 34.8 Å². The van der Waals surface area contributed by atoms with Crippen LogP contribution in [0.4, 0.5) is 19.1 Å². The molecule has 0 unspecified atom stereocenters. The molecule has 1 N–H and O–H groups in total. The van der Waals surface area contributed by atoms with Crippen LogP contribution in [-0.2, 0) is 25.7 Å². The predicted molar refractivity (Wildman–Crippen MR) is 106 cm³/mol. The van der Waals surface area contributed by atoms with E-state index in [4.69, 9.17) is 4.42 Å². The zero-order chi connectivity index (χ0) is 20.4. The van der Waals surface area contributed by atoms with E-state index in [9.17, 15) is 13.2 Å². The molecule has 2 aromatic carbocycles. The summed E-state index contributed by atoms with van der Waals surface area (Å²) in [5, 5.41) is 3.24. The number of anilines is 1. The van der Waals surface area contributed by atoms with E-state index < -0.39 is 11.7 Å². The van der Waals surface area contributed by atoms with Crippen LogP contribution >= 0.6 is 0 Å². The number of furan rings is 1. The molecule has 0 atom stereocenters. The van der Waals surface area contributed by atoms with Gasteiger partial charge in [0.1, 0.15) is 5.76 Å². The van der Waals surface area contributed by atoms with Crippen molar-refractivity contribution in [2.75, 3.05) is 5.32 Å². The summed E-state index contributed by atoms with van der Waals surface area (Å²) in [6.07, 6.45) is -1.90. The Morgan fingerprint density at radius 3 is 2.62 bits per heavy atom. The maximum Gasteiger partial charge on any atom is 0.416 e. The minimum Gasteiger partial charge on any atom is -0.467 e. The number of alkyl halides is 3. The standard InChI is InChI=1S/C22H20F3N3O/c1-2-15-8-9-20-19(12-15)27-21(26-13-18-7-4-10-29-18)28(20)14-16-5-3-6-17(11-16)22(23,24)25/h3-12H,2,13-14H2,1H3,(H,26,27). The molecule has 2 heterocycles. The Morgan fingerprint density at radius 2 is 1.90 bits per heavy atom. The Balaban J connectivity index is 1.71. The van der Waals surface area contributed by atoms with Gasteiger partial charge >= 0.3 is 6.18 Å². The van der Waals surface area contributed by atoms with E-state index in [1.165, 1.54) is 12.1 Å². The second-order valence-electron chi connectivity index (χ2n) is 6.83. The van der Waals surface area contributed by atoms with E-state index in [2.05, 4.69) is 17.2 Å². The monoisotopic (exact) mass is 399 g/mol. The number of imidazole rings is 1. The van der Waals surface area contributed by atoms with Crippen LogP contribution in [0.3, 0.4) is 0 Å². The molecule has 0 amide bonds. The molecule has 29 heavy (non-hydrogen) atoms. The Kier molecular flexibility index (Phi) is 5.05. The van der Waals surface area contributed by atoms with Crippen molar-refractivity contribution >= 4 is 17.0 Å². The van der Waals surface area contributed by atoms with Gasteiger partial charge in [0.15, 0.2) is 0 Å². The largest absolute Gasteiger partial charge is 0.467 e. The minimum absolute atomic E-state index is 0.270. The van der Waals surface area contributed by atoms with Gasteiger partial charge in [-0.25, -0.2) is 4.98 Å². The van der Waals surface area contributed by atoms with E-state index in [1.807, 2.05) is 28.8 Å². The van der Waals surface area contributed by atoms with Gasteiger partial charge in [-0.15, -0.1) is 0 Å². The van der Waals surface area contributed by atoms with Crippen LogP contribution in [0, 0.1) is 0 Å². The van der Waals surface area contributed by atoms with Gasteiger partial charge < -0.3 is 14.3 Å². The highest BCUT2D eigenvalue weighted by molar-refractivity contribution is 5.79. The van der Waals surface area contributed by atoms with E-state index >= 15 is 0 Å². The Morgan fingerprint density at radius 1 is 1.03 bits per heavy atom.